The zero-order valence-corrected chi connectivity index (χ0v) is 34.4. The van der Waals surface area contributed by atoms with Crippen LogP contribution in [0.5, 0.6) is 0 Å². The molecule has 8 heteroatoms. The van der Waals surface area contributed by atoms with Crippen LogP contribution < -0.4 is 0 Å². The summed E-state index contributed by atoms with van der Waals surface area (Å²) < 4.78 is 6.98. The van der Waals surface area contributed by atoms with Gasteiger partial charge < -0.3 is 4.57 Å². The average molecular weight is 824 g/mol. The van der Waals surface area contributed by atoms with E-state index in [1.807, 2.05) is 85.3 Å². The molecule has 7 aromatic carbocycles. The van der Waals surface area contributed by atoms with Gasteiger partial charge in [-0.25, -0.2) is 4.98 Å². The maximum atomic E-state index is 5.10. The van der Waals surface area contributed by atoms with Crippen LogP contribution >= 0.6 is 11.3 Å². The Morgan fingerprint density at radius 2 is 0.937 bits per heavy atom. The Labute approximate surface area is 364 Å². The zero-order valence-electron chi connectivity index (χ0n) is 33.6. The van der Waals surface area contributed by atoms with E-state index in [0.717, 1.165) is 71.9 Å². The minimum Gasteiger partial charge on any atom is -0.309 e. The van der Waals surface area contributed by atoms with E-state index in [9.17, 15) is 0 Å². The van der Waals surface area contributed by atoms with Crippen LogP contribution in [0.3, 0.4) is 0 Å². The fraction of sp³-hybridized carbons (Fsp3) is 0. The molecular formula is C55H33N7S. The van der Waals surface area contributed by atoms with E-state index >= 15 is 0 Å². The molecular weight excluding hydrogens is 791 g/mol. The lowest BCUT2D eigenvalue weighted by Gasteiger charge is -2.11. The number of hydrogen-bond donors (Lipinski definition) is 0. The fourth-order valence-electron chi connectivity index (χ4n) is 9.18. The highest BCUT2D eigenvalue weighted by Gasteiger charge is 2.20. The Hall–Kier alpha value is -8.33. The molecule has 294 valence electrons. The highest BCUT2D eigenvalue weighted by molar-refractivity contribution is 7.25. The Morgan fingerprint density at radius 3 is 1.59 bits per heavy atom. The first-order valence-corrected chi connectivity index (χ1v) is 21.7. The number of thiophene rings is 1. The summed E-state index contributed by atoms with van der Waals surface area (Å²) in [7, 11) is 0. The first-order valence-electron chi connectivity index (χ1n) is 20.9. The number of pyridine rings is 2. The van der Waals surface area contributed by atoms with Gasteiger partial charge in [0.05, 0.1) is 32.3 Å². The smallest absolute Gasteiger partial charge is 0.238 e. The molecule has 6 aromatic heterocycles. The summed E-state index contributed by atoms with van der Waals surface area (Å²) in [5, 5.41) is 5.81. The van der Waals surface area contributed by atoms with Gasteiger partial charge in [-0.15, -0.1) is 11.3 Å². The van der Waals surface area contributed by atoms with Crippen LogP contribution in [-0.4, -0.2) is 34.1 Å². The van der Waals surface area contributed by atoms with Crippen LogP contribution in [0.2, 0.25) is 0 Å². The summed E-state index contributed by atoms with van der Waals surface area (Å²) in [6.45, 7) is 0. The molecule has 13 aromatic rings. The lowest BCUT2D eigenvalue weighted by Crippen LogP contribution is -2.06. The Balaban J connectivity index is 0.920. The van der Waals surface area contributed by atoms with Gasteiger partial charge in [-0.05, 0) is 83.9 Å². The molecule has 0 aliphatic rings. The average Bonchev–Trinajstić information content (AvgIpc) is 4.01. The second kappa shape index (κ2) is 14.1. The summed E-state index contributed by atoms with van der Waals surface area (Å²) in [5.41, 5.74) is 12.7. The van der Waals surface area contributed by atoms with E-state index in [1.54, 1.807) is 11.3 Å². The van der Waals surface area contributed by atoms with Crippen LogP contribution in [0.25, 0.3) is 121 Å². The number of nitrogens with zero attached hydrogens (tertiary/aromatic N) is 7. The van der Waals surface area contributed by atoms with Gasteiger partial charge in [-0.3, -0.25) is 14.5 Å². The predicted octanol–water partition coefficient (Wildman–Crippen LogP) is 13.9. The molecule has 0 fully saturated rings. The van der Waals surface area contributed by atoms with Crippen molar-refractivity contribution in [2.24, 2.45) is 0 Å². The van der Waals surface area contributed by atoms with Crippen molar-refractivity contribution >= 4 is 75.3 Å². The Morgan fingerprint density at radius 1 is 0.365 bits per heavy atom. The standard InChI is InChI=1S/C55H33N7S/c1-3-12-34(13-4-1)53-58-54(35-14-5-2-6-15-35)60-55(59-53)62-47-19-10-8-17-42(47)44-30-37(22-25-49(44)62)39-28-38(32-56-33-39)36-21-24-48-43(29-36)41-16-7-9-18-46(41)61(48)40-23-26-50-45(31-40)52-51(63-50)20-11-27-57-52/h1-33H. The molecule has 0 unspecified atom stereocenters. The van der Waals surface area contributed by atoms with Crippen molar-refractivity contribution in [3.63, 3.8) is 0 Å². The van der Waals surface area contributed by atoms with Crippen molar-refractivity contribution in [1.82, 2.24) is 34.1 Å². The van der Waals surface area contributed by atoms with Gasteiger partial charge in [0, 0.05) is 78.2 Å². The normalized spacial score (nSPS) is 11.8. The number of aromatic nitrogens is 7. The third-order valence-electron chi connectivity index (χ3n) is 12.1. The van der Waals surface area contributed by atoms with Gasteiger partial charge in [0.25, 0.3) is 0 Å². The van der Waals surface area contributed by atoms with Crippen LogP contribution in [0.4, 0.5) is 0 Å². The van der Waals surface area contributed by atoms with Crippen molar-refractivity contribution < 1.29 is 0 Å². The third-order valence-corrected chi connectivity index (χ3v) is 13.2. The first kappa shape index (κ1) is 35.4. The number of hydrogen-bond acceptors (Lipinski definition) is 6. The van der Waals surface area contributed by atoms with Crippen molar-refractivity contribution in [3.8, 4) is 56.7 Å². The molecule has 0 bridgehead atoms. The highest BCUT2D eigenvalue weighted by atomic mass is 32.1. The number of rotatable bonds is 6. The van der Waals surface area contributed by atoms with E-state index in [2.05, 4.69) is 124 Å². The summed E-state index contributed by atoms with van der Waals surface area (Å²) in [4.78, 5) is 24.7. The van der Waals surface area contributed by atoms with E-state index in [0.29, 0.717) is 17.6 Å². The van der Waals surface area contributed by atoms with Crippen LogP contribution in [0, 0.1) is 0 Å². The van der Waals surface area contributed by atoms with Crippen molar-refractivity contribution in [3.05, 3.63) is 201 Å². The first-order chi connectivity index (χ1) is 31.2. The fourth-order valence-corrected chi connectivity index (χ4v) is 10.2. The summed E-state index contributed by atoms with van der Waals surface area (Å²) in [5.74, 6) is 1.82. The van der Waals surface area contributed by atoms with Gasteiger partial charge in [-0.2, -0.15) is 9.97 Å². The number of para-hydroxylation sites is 2. The molecule has 0 spiro atoms. The maximum Gasteiger partial charge on any atom is 0.238 e. The number of benzene rings is 7. The molecule has 0 N–H and O–H groups in total. The quantitative estimate of drug-likeness (QED) is 0.167. The van der Waals surface area contributed by atoms with Crippen LogP contribution in [-0.2, 0) is 0 Å². The van der Waals surface area contributed by atoms with E-state index in [1.165, 1.54) is 31.1 Å². The topological polar surface area (TPSA) is 74.3 Å². The second-order valence-electron chi connectivity index (χ2n) is 15.8. The third kappa shape index (κ3) is 5.76. The van der Waals surface area contributed by atoms with Crippen molar-refractivity contribution in [1.29, 1.82) is 0 Å². The molecule has 0 atom stereocenters. The lowest BCUT2D eigenvalue weighted by molar-refractivity contribution is 0.953. The van der Waals surface area contributed by atoms with Crippen LogP contribution in [0.1, 0.15) is 0 Å². The van der Waals surface area contributed by atoms with Gasteiger partial charge in [0.2, 0.25) is 5.95 Å². The largest absolute Gasteiger partial charge is 0.309 e. The maximum absolute atomic E-state index is 5.10. The minimum absolute atomic E-state index is 0.569. The molecule has 63 heavy (non-hydrogen) atoms. The molecule has 0 saturated heterocycles. The highest BCUT2D eigenvalue weighted by Crippen LogP contribution is 2.40. The predicted molar refractivity (Wildman–Crippen MR) is 259 cm³/mol. The van der Waals surface area contributed by atoms with Gasteiger partial charge >= 0.3 is 0 Å². The molecule has 7 nitrogen and oxygen atoms in total. The second-order valence-corrected chi connectivity index (χ2v) is 16.9. The summed E-state index contributed by atoms with van der Waals surface area (Å²) in [6, 6.07) is 63.9. The number of fused-ring (bicyclic) bond motifs is 9. The molecule has 0 saturated carbocycles. The molecule has 0 aliphatic carbocycles. The van der Waals surface area contributed by atoms with Crippen molar-refractivity contribution in [2.75, 3.05) is 0 Å². The van der Waals surface area contributed by atoms with Gasteiger partial charge in [0.1, 0.15) is 0 Å². The van der Waals surface area contributed by atoms with E-state index in [4.69, 9.17) is 24.9 Å². The Kier molecular flexibility index (Phi) is 7.94. The molecule has 0 amide bonds. The monoisotopic (exact) mass is 823 g/mol. The van der Waals surface area contributed by atoms with E-state index < -0.39 is 0 Å². The molecule has 13 rings (SSSR count). The Bertz CT molecular complexity index is 3870. The molecule has 0 radical (unpaired) electrons. The lowest BCUT2D eigenvalue weighted by atomic mass is 9.99. The van der Waals surface area contributed by atoms with E-state index in [-0.39, 0.29) is 0 Å². The van der Waals surface area contributed by atoms with Crippen molar-refractivity contribution in [2.45, 2.75) is 0 Å². The summed E-state index contributed by atoms with van der Waals surface area (Å²) >= 11 is 1.79. The SMILES string of the molecule is c1ccc(-c2nc(-c3ccccc3)nc(-n3c4ccccc4c4cc(-c5cncc(-c6ccc7c(c6)c6ccccc6n7-c6ccc7sc8cccnc8c7c6)c5)ccc43)n2)cc1. The summed E-state index contributed by atoms with van der Waals surface area (Å²) in [6.07, 6.45) is 5.80. The van der Waals surface area contributed by atoms with Crippen LogP contribution in [0.15, 0.2) is 201 Å². The zero-order chi connectivity index (χ0) is 41.4. The molecule has 0 aliphatic heterocycles. The minimum atomic E-state index is 0.569. The van der Waals surface area contributed by atoms with Gasteiger partial charge in [-0.1, -0.05) is 109 Å². The molecule has 6 heterocycles. The van der Waals surface area contributed by atoms with Gasteiger partial charge in [0.15, 0.2) is 11.6 Å².